The number of carbonyl (C=O) groups excluding carboxylic acids is 1. The third kappa shape index (κ3) is 3.61. The maximum atomic E-state index is 10.1. The molecule has 0 unspecified atom stereocenters. The smallest absolute Gasteiger partial charge is 0.277 e. The van der Waals surface area contributed by atoms with E-state index in [1.54, 1.807) is 0 Å². The Morgan fingerprint density at radius 2 is 2.25 bits per heavy atom. The Balaban J connectivity index is 3.24. The number of likely N-dealkylation sites (N-methyl/N-ethyl adjacent to an activating group) is 1. The molecule has 1 radical (unpaired) electrons. The molecule has 0 aromatic rings. The van der Waals surface area contributed by atoms with Gasteiger partial charge in [0.05, 0.1) is 0 Å². The molecule has 0 aliphatic rings. The fourth-order valence-electron chi connectivity index (χ4n) is 0.378. The van der Waals surface area contributed by atoms with Crippen LogP contribution in [0.3, 0.4) is 0 Å². The van der Waals surface area contributed by atoms with E-state index in [9.17, 15) is 4.79 Å². The van der Waals surface area contributed by atoms with Crippen LogP contribution in [0.5, 0.6) is 0 Å². The highest BCUT2D eigenvalue weighted by Gasteiger charge is 2.06. The summed E-state index contributed by atoms with van der Waals surface area (Å²) in [5, 5.41) is 0. The van der Waals surface area contributed by atoms with Crippen molar-refractivity contribution in [1.29, 1.82) is 0 Å². The van der Waals surface area contributed by atoms with Crippen molar-refractivity contribution in [1.82, 2.24) is 4.90 Å². The summed E-state index contributed by atoms with van der Waals surface area (Å²) >= 11 is 0. The van der Waals surface area contributed by atoms with E-state index in [0.717, 1.165) is 6.54 Å². The number of primary amides is 1. The van der Waals surface area contributed by atoms with Crippen molar-refractivity contribution >= 4 is 5.91 Å². The Bertz CT molecular complexity index is 82.5. The first-order valence-corrected chi connectivity index (χ1v) is 2.63. The summed E-state index contributed by atoms with van der Waals surface area (Å²) in [4.78, 5) is 12.0. The van der Waals surface area contributed by atoms with Gasteiger partial charge in [-0.25, -0.2) is 0 Å². The molecule has 0 fully saturated rings. The predicted molar refractivity (Wildman–Crippen MR) is 32.7 cm³/mol. The van der Waals surface area contributed by atoms with E-state index in [0.29, 0.717) is 6.54 Å². The SMILES string of the molecule is CC[N+](C)CC(N)=O. The third-order valence-corrected chi connectivity index (χ3v) is 0.966. The largest absolute Gasteiger partial charge is 0.365 e. The van der Waals surface area contributed by atoms with Crippen LogP contribution in [-0.2, 0) is 4.79 Å². The van der Waals surface area contributed by atoms with E-state index < -0.39 is 0 Å². The zero-order valence-electron chi connectivity index (χ0n) is 5.35. The average molecular weight is 116 g/mol. The number of hydrogen-bond donors (Lipinski definition) is 1. The topological polar surface area (TPSA) is 49.0 Å². The molecule has 0 spiro atoms. The fraction of sp³-hybridized carbons (Fsp3) is 0.800. The zero-order chi connectivity index (χ0) is 6.57. The van der Waals surface area contributed by atoms with Crippen molar-refractivity contribution in [3.05, 3.63) is 0 Å². The van der Waals surface area contributed by atoms with Crippen LogP contribution in [0.25, 0.3) is 0 Å². The molecule has 0 saturated heterocycles. The monoisotopic (exact) mass is 116 g/mol. The van der Waals surface area contributed by atoms with Crippen LogP contribution >= 0.6 is 0 Å². The minimum Gasteiger partial charge on any atom is -0.365 e. The average Bonchev–Trinajstić information content (AvgIpc) is 1.65. The lowest BCUT2D eigenvalue weighted by Crippen LogP contribution is -2.34. The van der Waals surface area contributed by atoms with Crippen molar-refractivity contribution in [2.24, 2.45) is 5.73 Å². The zero-order valence-corrected chi connectivity index (χ0v) is 5.35. The van der Waals surface area contributed by atoms with Gasteiger partial charge in [0.2, 0.25) is 6.54 Å². The maximum absolute atomic E-state index is 10.1. The second-order valence-electron chi connectivity index (χ2n) is 1.80. The fourth-order valence-corrected chi connectivity index (χ4v) is 0.378. The van der Waals surface area contributed by atoms with E-state index in [1.807, 2.05) is 18.9 Å². The lowest BCUT2D eigenvalue weighted by atomic mass is 10.5. The van der Waals surface area contributed by atoms with Crippen LogP contribution in [0.15, 0.2) is 0 Å². The molecule has 1 amide bonds. The summed E-state index contributed by atoms with van der Waals surface area (Å²) in [6, 6.07) is 0. The van der Waals surface area contributed by atoms with Gasteiger partial charge >= 0.3 is 0 Å². The summed E-state index contributed by atoms with van der Waals surface area (Å²) in [6.07, 6.45) is 0. The molecule has 3 nitrogen and oxygen atoms in total. The predicted octanol–water partition coefficient (Wildman–Crippen LogP) is -0.738. The summed E-state index contributed by atoms with van der Waals surface area (Å²) in [7, 11) is 1.85. The van der Waals surface area contributed by atoms with Gasteiger partial charge < -0.3 is 5.73 Å². The first-order valence-electron chi connectivity index (χ1n) is 2.63. The third-order valence-electron chi connectivity index (χ3n) is 0.966. The quantitative estimate of drug-likeness (QED) is 0.485. The van der Waals surface area contributed by atoms with E-state index in [1.165, 1.54) is 0 Å². The number of carbonyl (C=O) groups is 1. The van der Waals surface area contributed by atoms with Gasteiger partial charge in [-0.05, 0) is 6.92 Å². The molecule has 0 bridgehead atoms. The van der Waals surface area contributed by atoms with E-state index in [-0.39, 0.29) is 5.91 Å². The molecule has 8 heavy (non-hydrogen) atoms. The first kappa shape index (κ1) is 7.43. The van der Waals surface area contributed by atoms with E-state index in [4.69, 9.17) is 5.73 Å². The second-order valence-corrected chi connectivity index (χ2v) is 1.80. The van der Waals surface area contributed by atoms with Crippen molar-refractivity contribution in [2.45, 2.75) is 6.92 Å². The molecule has 2 N–H and O–H groups in total. The van der Waals surface area contributed by atoms with Crippen LogP contribution < -0.4 is 10.6 Å². The van der Waals surface area contributed by atoms with Gasteiger partial charge in [0.25, 0.3) is 5.91 Å². The van der Waals surface area contributed by atoms with Gasteiger partial charge in [0.15, 0.2) is 0 Å². The Morgan fingerprint density at radius 1 is 1.75 bits per heavy atom. The van der Waals surface area contributed by atoms with E-state index in [2.05, 4.69) is 0 Å². The molecular formula is C5H12N2O+. The van der Waals surface area contributed by atoms with Gasteiger partial charge in [-0.2, -0.15) is 4.90 Å². The number of hydrogen-bond acceptors (Lipinski definition) is 2. The minimum atomic E-state index is -0.269. The summed E-state index contributed by atoms with van der Waals surface area (Å²) < 4.78 is 0. The lowest BCUT2D eigenvalue weighted by Gasteiger charge is -1.97. The van der Waals surface area contributed by atoms with Crippen LogP contribution in [0, 0.1) is 0 Å². The number of nitrogens with two attached hydrogens (primary N) is 1. The highest BCUT2D eigenvalue weighted by atomic mass is 16.1. The molecule has 0 heterocycles. The maximum Gasteiger partial charge on any atom is 0.277 e. The van der Waals surface area contributed by atoms with Gasteiger partial charge in [-0.3, -0.25) is 4.79 Å². The Labute approximate surface area is 49.5 Å². The van der Waals surface area contributed by atoms with Crippen LogP contribution in [0.1, 0.15) is 6.92 Å². The molecule has 0 atom stereocenters. The highest BCUT2D eigenvalue weighted by molar-refractivity contribution is 5.76. The molecule has 3 heteroatoms. The summed E-state index contributed by atoms with van der Waals surface area (Å²) in [5.41, 5.74) is 4.89. The highest BCUT2D eigenvalue weighted by Crippen LogP contribution is 1.70. The number of rotatable bonds is 3. The van der Waals surface area contributed by atoms with Crippen molar-refractivity contribution in [3.8, 4) is 0 Å². The normalized spacial score (nSPS) is 9.88. The van der Waals surface area contributed by atoms with Crippen molar-refractivity contribution in [2.75, 3.05) is 20.1 Å². The Morgan fingerprint density at radius 3 is 2.38 bits per heavy atom. The molecule has 0 aromatic heterocycles. The van der Waals surface area contributed by atoms with Gasteiger partial charge in [0.1, 0.15) is 13.6 Å². The molecule has 0 saturated carbocycles. The van der Waals surface area contributed by atoms with Crippen LogP contribution in [-0.4, -0.2) is 26.0 Å². The van der Waals surface area contributed by atoms with Crippen LogP contribution in [0.2, 0.25) is 0 Å². The number of amides is 1. The minimum absolute atomic E-state index is 0.269. The molecule has 0 aromatic carbocycles. The van der Waals surface area contributed by atoms with Crippen molar-refractivity contribution < 1.29 is 4.79 Å². The summed E-state index contributed by atoms with van der Waals surface area (Å²) in [6.45, 7) is 3.20. The number of nitrogens with zero attached hydrogens (tertiary/aromatic N) is 1. The van der Waals surface area contributed by atoms with Gasteiger partial charge in [0, 0.05) is 0 Å². The van der Waals surface area contributed by atoms with Gasteiger partial charge in [-0.1, -0.05) is 0 Å². The summed E-state index contributed by atoms with van der Waals surface area (Å²) in [5.74, 6) is -0.269. The molecule has 0 aliphatic heterocycles. The Hall–Kier alpha value is -0.570. The first-order chi connectivity index (χ1) is 3.66. The van der Waals surface area contributed by atoms with Crippen LogP contribution in [0.4, 0.5) is 0 Å². The van der Waals surface area contributed by atoms with Gasteiger partial charge in [-0.15, -0.1) is 0 Å². The molecule has 0 rings (SSSR count). The van der Waals surface area contributed by atoms with E-state index >= 15 is 0 Å². The standard InChI is InChI=1S/C5H12N2O/c1-3-7(2)4-5(6)8/h3-4H2,1-2H3,(H2,6,8)/q+1. The molecule has 0 aliphatic carbocycles. The Kier molecular flexibility index (Phi) is 3.19. The second kappa shape index (κ2) is 3.43. The molecule has 47 valence electrons. The van der Waals surface area contributed by atoms with Crippen molar-refractivity contribution in [3.63, 3.8) is 0 Å². The molecular weight excluding hydrogens is 104 g/mol. The lowest BCUT2D eigenvalue weighted by molar-refractivity contribution is -0.117.